The molecule has 0 aromatic heterocycles. The molecule has 0 spiro atoms. The molecule has 0 aliphatic carbocycles. The van der Waals surface area contributed by atoms with E-state index in [1.165, 1.54) is 13.8 Å². The smallest absolute Gasteiger partial charge is 0.326 e. The lowest BCUT2D eigenvalue weighted by Crippen LogP contribution is -2.62. The Kier molecular flexibility index (Phi) is 24.0. The summed E-state index contributed by atoms with van der Waals surface area (Å²) in [6.07, 6.45) is -2.77. The van der Waals surface area contributed by atoms with E-state index in [2.05, 4.69) is 42.2 Å². The number of carboxylic acids is 1. The van der Waals surface area contributed by atoms with Crippen molar-refractivity contribution in [3.05, 3.63) is 71.8 Å². The number of hydrogen-bond acceptors (Lipinski definition) is 14. The van der Waals surface area contributed by atoms with Gasteiger partial charge in [-0.15, -0.1) is 0 Å². The number of guanidine groups is 1. The van der Waals surface area contributed by atoms with Crippen LogP contribution in [0.15, 0.2) is 65.7 Å². The summed E-state index contributed by atoms with van der Waals surface area (Å²) in [6.45, 7) is 4.19. The van der Waals surface area contributed by atoms with Crippen LogP contribution in [0, 0.1) is 5.92 Å². The lowest BCUT2D eigenvalue weighted by atomic mass is 10.0. The summed E-state index contributed by atoms with van der Waals surface area (Å²) < 4.78 is 0. The Morgan fingerprint density at radius 2 is 1.22 bits per heavy atom. The van der Waals surface area contributed by atoms with Crippen molar-refractivity contribution < 1.29 is 63.6 Å². The highest BCUT2D eigenvalue weighted by atomic mass is 16.4. The molecule has 8 amide bonds. The van der Waals surface area contributed by atoms with Gasteiger partial charge < -0.3 is 79.7 Å². The van der Waals surface area contributed by atoms with Crippen LogP contribution < -0.4 is 54.4 Å². The molecule has 1 saturated heterocycles. The number of nitrogens with one attached hydrogen (secondary N) is 7. The van der Waals surface area contributed by atoms with Crippen molar-refractivity contribution in [3.8, 4) is 0 Å². The van der Waals surface area contributed by atoms with Gasteiger partial charge in [-0.25, -0.2) is 4.79 Å². The fraction of sp³-hybridized carbons (Fsp3) is 0.532. The van der Waals surface area contributed by atoms with Crippen molar-refractivity contribution in [2.75, 3.05) is 26.2 Å². The van der Waals surface area contributed by atoms with E-state index in [9.17, 15) is 63.6 Å². The molecule has 1 fully saturated rings. The number of rotatable bonds is 28. The van der Waals surface area contributed by atoms with Gasteiger partial charge in [-0.1, -0.05) is 74.5 Å². The van der Waals surface area contributed by atoms with Crippen molar-refractivity contribution in [1.82, 2.24) is 42.1 Å². The molecular weight excluding hydrogens is 941 g/mol. The highest BCUT2D eigenvalue weighted by Gasteiger charge is 2.41. The summed E-state index contributed by atoms with van der Waals surface area (Å²) >= 11 is 0. The molecule has 25 nitrogen and oxygen atoms in total. The molecule has 0 bridgehead atoms. The quantitative estimate of drug-likeness (QED) is 0.0217. The van der Waals surface area contributed by atoms with Crippen LogP contribution in [0.1, 0.15) is 64.5 Å². The lowest BCUT2D eigenvalue weighted by molar-refractivity contribution is -0.145. The third kappa shape index (κ3) is 18.8. The molecule has 2 aromatic rings. The van der Waals surface area contributed by atoms with Gasteiger partial charge in [0.2, 0.25) is 47.3 Å². The third-order valence-electron chi connectivity index (χ3n) is 11.6. The van der Waals surface area contributed by atoms with Gasteiger partial charge in [-0.2, -0.15) is 0 Å². The zero-order valence-corrected chi connectivity index (χ0v) is 40.8. The van der Waals surface area contributed by atoms with Crippen molar-refractivity contribution in [3.63, 3.8) is 0 Å². The molecule has 2 aromatic carbocycles. The maximum absolute atomic E-state index is 14.2. The summed E-state index contributed by atoms with van der Waals surface area (Å²) in [4.78, 5) is 125. The highest BCUT2D eigenvalue weighted by molar-refractivity contribution is 5.98. The van der Waals surface area contributed by atoms with E-state index in [1.807, 2.05) is 0 Å². The first-order valence-electron chi connectivity index (χ1n) is 23.5. The van der Waals surface area contributed by atoms with Crippen LogP contribution in [0.3, 0.4) is 0 Å². The van der Waals surface area contributed by atoms with Crippen molar-refractivity contribution in [2.24, 2.45) is 28.1 Å². The number of nitrogens with zero attached hydrogens (tertiary/aromatic N) is 2. The summed E-state index contributed by atoms with van der Waals surface area (Å²) in [7, 11) is 0. The topological polar surface area (TPSA) is 412 Å². The Hall–Kier alpha value is -7.22. The minimum absolute atomic E-state index is 0.0142. The van der Waals surface area contributed by atoms with Crippen LogP contribution in [0.5, 0.6) is 0 Å². The number of hydrogen-bond donors (Lipinski definition) is 14. The Bertz CT molecular complexity index is 2190. The minimum atomic E-state index is -1.64. The summed E-state index contributed by atoms with van der Waals surface area (Å²) in [6, 6.07) is 5.76. The molecule has 10 atom stereocenters. The number of carbonyl (C=O) groups excluding carboxylic acids is 8. The maximum atomic E-state index is 14.2. The number of carboxylic acid groups (broad SMARTS) is 1. The average Bonchev–Trinajstić information content (AvgIpc) is 3.84. The van der Waals surface area contributed by atoms with Gasteiger partial charge >= 0.3 is 5.97 Å². The van der Waals surface area contributed by atoms with Crippen molar-refractivity contribution in [1.29, 1.82) is 0 Å². The summed E-state index contributed by atoms with van der Waals surface area (Å²) in [5, 5.41) is 57.7. The van der Waals surface area contributed by atoms with Crippen LogP contribution in [0.2, 0.25) is 0 Å². The molecule has 1 aliphatic heterocycles. The van der Waals surface area contributed by atoms with Gasteiger partial charge in [-0.05, 0) is 56.6 Å². The first-order valence-corrected chi connectivity index (χ1v) is 23.5. The van der Waals surface area contributed by atoms with Crippen LogP contribution >= 0.6 is 0 Å². The number of benzene rings is 2. The minimum Gasteiger partial charge on any atom is -0.480 e. The summed E-state index contributed by atoms with van der Waals surface area (Å²) in [5.41, 5.74) is 18.0. The fourth-order valence-corrected chi connectivity index (χ4v) is 7.49. The van der Waals surface area contributed by atoms with Gasteiger partial charge in [0.05, 0.1) is 31.4 Å². The number of carbonyl (C=O) groups is 9. The number of amides is 8. The van der Waals surface area contributed by atoms with Crippen LogP contribution in [0.25, 0.3) is 0 Å². The van der Waals surface area contributed by atoms with Crippen molar-refractivity contribution in [2.45, 2.75) is 127 Å². The molecule has 3 rings (SSSR count). The molecule has 0 saturated carbocycles. The van der Waals surface area contributed by atoms with E-state index in [-0.39, 0.29) is 57.1 Å². The normalized spacial score (nSPS) is 17.0. The Labute approximate surface area is 416 Å². The predicted octanol–water partition coefficient (Wildman–Crippen LogP) is -4.64. The van der Waals surface area contributed by atoms with Crippen molar-refractivity contribution >= 4 is 59.2 Å². The zero-order chi connectivity index (χ0) is 53.7. The zero-order valence-electron chi connectivity index (χ0n) is 40.8. The largest absolute Gasteiger partial charge is 0.480 e. The first-order chi connectivity index (χ1) is 34.0. The predicted molar refractivity (Wildman–Crippen MR) is 260 cm³/mol. The molecule has 0 radical (unpaired) electrons. The first kappa shape index (κ1) is 59.1. The summed E-state index contributed by atoms with van der Waals surface area (Å²) in [5.74, 6) is -9.00. The third-order valence-corrected chi connectivity index (χ3v) is 11.6. The molecule has 396 valence electrons. The van der Waals surface area contributed by atoms with E-state index in [0.717, 1.165) is 4.90 Å². The van der Waals surface area contributed by atoms with E-state index in [0.29, 0.717) is 17.5 Å². The van der Waals surface area contributed by atoms with Gasteiger partial charge in [0.15, 0.2) is 5.96 Å². The van der Waals surface area contributed by atoms with E-state index in [1.54, 1.807) is 74.5 Å². The second-order valence-corrected chi connectivity index (χ2v) is 17.8. The number of aliphatic carboxylic acids is 1. The molecular formula is C47H70N12O13. The van der Waals surface area contributed by atoms with Crippen LogP contribution in [-0.2, 0) is 56.0 Å². The molecule has 17 N–H and O–H groups in total. The standard InChI is InChI=1S/C47H70N12O13/c1-25(2)36(48)43(68)56-33(24-60)41(66)58-38(27(4)62)45(70)59-20-12-18-34(59)42(67)54-31(21-28-13-7-5-8-14-28)40(65)53-30(17-11-19-51-47(49)50)39(64)52-23-35(63)57-37(26(3)61)44(69)55-32(46(71)72)22-29-15-9-6-10-16-29/h5-10,13-16,25-27,30-34,36-38,60-62H,11-12,17-24,48H2,1-4H3,(H,52,64)(H,53,65)(H,54,67)(H,55,69)(H,56,68)(H,57,63)(H,58,66)(H,71,72)(H4,49,50,51)/t26-,27-,30+,31+,32+,33+,34+,36+,37+,38+/m1/s1. The molecule has 1 heterocycles. The van der Waals surface area contributed by atoms with Gasteiger partial charge in [0.25, 0.3) is 0 Å². The van der Waals surface area contributed by atoms with Gasteiger partial charge in [-0.3, -0.25) is 43.3 Å². The number of aliphatic hydroxyl groups is 3. The van der Waals surface area contributed by atoms with Crippen LogP contribution in [-0.4, -0.2) is 171 Å². The maximum Gasteiger partial charge on any atom is 0.326 e. The number of aliphatic hydroxyl groups excluding tert-OH is 3. The average molecular weight is 1010 g/mol. The number of aliphatic imine (C=N–C) groups is 1. The molecule has 25 heteroatoms. The molecule has 0 unspecified atom stereocenters. The number of nitrogens with two attached hydrogens (primary N) is 3. The number of likely N-dealkylation sites (tertiary alicyclic amines) is 1. The Morgan fingerprint density at radius 1 is 0.681 bits per heavy atom. The Balaban J connectivity index is 1.79. The molecule has 72 heavy (non-hydrogen) atoms. The molecule has 1 aliphatic rings. The van der Waals surface area contributed by atoms with Gasteiger partial charge in [0.1, 0.15) is 42.3 Å². The Morgan fingerprint density at radius 3 is 1.75 bits per heavy atom. The monoisotopic (exact) mass is 1010 g/mol. The SMILES string of the molecule is CC(C)[C@H](N)C(=O)N[C@@H](CO)C(=O)N[C@H](C(=O)N1CCC[C@H]1C(=O)N[C@@H](Cc1ccccc1)C(=O)N[C@@H](CCCN=C(N)N)C(=O)NCC(=O)N[C@H](C(=O)N[C@@H](Cc1ccccc1)C(=O)O)[C@@H](C)O)[C@@H](C)O. The lowest BCUT2D eigenvalue weighted by Gasteiger charge is -2.32. The van der Waals surface area contributed by atoms with E-state index >= 15 is 0 Å². The van der Waals surface area contributed by atoms with E-state index < -0.39 is 127 Å². The van der Waals surface area contributed by atoms with Gasteiger partial charge in [0, 0.05) is 25.9 Å². The second kappa shape index (κ2) is 29.2. The van der Waals surface area contributed by atoms with Crippen LogP contribution in [0.4, 0.5) is 0 Å². The fourth-order valence-electron chi connectivity index (χ4n) is 7.49. The second-order valence-electron chi connectivity index (χ2n) is 17.8. The highest BCUT2D eigenvalue weighted by Crippen LogP contribution is 2.20. The van der Waals surface area contributed by atoms with E-state index in [4.69, 9.17) is 17.2 Å².